The lowest BCUT2D eigenvalue weighted by atomic mass is 10.1. The molecule has 120 valence electrons. The normalized spacial score (nSPS) is 15.5. The first kappa shape index (κ1) is 15.5. The average Bonchev–Trinajstić information content (AvgIpc) is 2.85. The Balaban J connectivity index is 1.83. The van der Waals surface area contributed by atoms with Crippen LogP contribution in [0.2, 0.25) is 0 Å². The summed E-state index contributed by atoms with van der Waals surface area (Å²) in [4.78, 5) is 35.4. The predicted molar refractivity (Wildman–Crippen MR) is 87.8 cm³/mol. The summed E-state index contributed by atoms with van der Waals surface area (Å²) in [6, 6.07) is 15.4. The highest BCUT2D eigenvalue weighted by atomic mass is 16.5. The predicted octanol–water partition coefficient (Wildman–Crippen LogP) is 2.07. The van der Waals surface area contributed by atoms with Crippen LogP contribution >= 0.6 is 0 Å². The van der Waals surface area contributed by atoms with Gasteiger partial charge in [0.15, 0.2) is 0 Å². The molecule has 1 aliphatic heterocycles. The third-order valence-electron chi connectivity index (χ3n) is 3.36. The van der Waals surface area contributed by atoms with Crippen LogP contribution in [-0.2, 0) is 14.4 Å². The van der Waals surface area contributed by atoms with E-state index in [2.05, 4.69) is 5.43 Å². The first-order valence-corrected chi connectivity index (χ1v) is 7.25. The van der Waals surface area contributed by atoms with E-state index < -0.39 is 17.8 Å². The van der Waals surface area contributed by atoms with E-state index in [0.717, 1.165) is 0 Å². The van der Waals surface area contributed by atoms with Crippen LogP contribution in [0.5, 0.6) is 5.75 Å². The molecule has 2 aromatic carbocycles. The Bertz CT molecular complexity index is 826. The molecular formula is C18H14N2O4. The highest BCUT2D eigenvalue weighted by molar-refractivity contribution is 6.31. The van der Waals surface area contributed by atoms with Gasteiger partial charge in [-0.05, 0) is 35.9 Å². The molecule has 24 heavy (non-hydrogen) atoms. The van der Waals surface area contributed by atoms with Crippen molar-refractivity contribution in [2.75, 3.05) is 5.01 Å². The van der Waals surface area contributed by atoms with Crippen molar-refractivity contribution >= 4 is 29.5 Å². The van der Waals surface area contributed by atoms with Gasteiger partial charge >= 0.3 is 5.97 Å². The minimum Gasteiger partial charge on any atom is -0.427 e. The first-order chi connectivity index (χ1) is 11.5. The van der Waals surface area contributed by atoms with Crippen molar-refractivity contribution < 1.29 is 19.1 Å². The molecule has 1 N–H and O–H groups in total. The molecule has 2 amide bonds. The lowest BCUT2D eigenvalue weighted by molar-refractivity contribution is -0.132. The summed E-state index contributed by atoms with van der Waals surface area (Å²) < 4.78 is 4.94. The molecule has 1 fully saturated rings. The molecule has 6 heteroatoms. The van der Waals surface area contributed by atoms with E-state index in [-0.39, 0.29) is 5.57 Å². The number of carbonyl (C=O) groups excluding carboxylic acids is 3. The van der Waals surface area contributed by atoms with Crippen molar-refractivity contribution in [1.82, 2.24) is 5.43 Å². The molecular weight excluding hydrogens is 308 g/mol. The molecule has 0 bridgehead atoms. The van der Waals surface area contributed by atoms with E-state index >= 15 is 0 Å². The number of esters is 1. The van der Waals surface area contributed by atoms with Gasteiger partial charge in [-0.1, -0.05) is 30.3 Å². The fourth-order valence-electron chi connectivity index (χ4n) is 2.28. The number of rotatable bonds is 3. The van der Waals surface area contributed by atoms with E-state index in [1.54, 1.807) is 48.5 Å². The number of nitrogens with one attached hydrogen (secondary N) is 1. The maximum atomic E-state index is 12.4. The smallest absolute Gasteiger partial charge is 0.308 e. The third-order valence-corrected chi connectivity index (χ3v) is 3.36. The first-order valence-electron chi connectivity index (χ1n) is 7.25. The molecule has 0 radical (unpaired) electrons. The van der Waals surface area contributed by atoms with Crippen LogP contribution in [0.25, 0.3) is 6.08 Å². The summed E-state index contributed by atoms with van der Waals surface area (Å²) in [5, 5.41) is 1.21. The summed E-state index contributed by atoms with van der Waals surface area (Å²) in [5.74, 6) is -0.897. The molecule has 1 saturated heterocycles. The van der Waals surface area contributed by atoms with Gasteiger partial charge in [0, 0.05) is 6.92 Å². The van der Waals surface area contributed by atoms with Crippen LogP contribution in [-0.4, -0.2) is 17.8 Å². The standard InChI is InChI=1S/C18H14N2O4/c1-12(21)24-15-9-7-13(8-10-15)11-16-17(22)19-20(18(16)23)14-5-3-2-4-6-14/h2-11H,1H3,(H,19,22)/b16-11-. The molecule has 6 nitrogen and oxygen atoms in total. The summed E-state index contributed by atoms with van der Waals surface area (Å²) in [6.45, 7) is 1.32. The lowest BCUT2D eigenvalue weighted by Gasteiger charge is -2.13. The Morgan fingerprint density at radius 3 is 2.33 bits per heavy atom. The SMILES string of the molecule is CC(=O)Oc1ccc(/C=C2/C(=O)NN(c3ccccc3)C2=O)cc1. The van der Waals surface area contributed by atoms with Crippen molar-refractivity contribution in [2.24, 2.45) is 0 Å². The number of hydrogen-bond acceptors (Lipinski definition) is 4. The van der Waals surface area contributed by atoms with Crippen LogP contribution in [0.3, 0.4) is 0 Å². The van der Waals surface area contributed by atoms with E-state index in [1.165, 1.54) is 18.0 Å². The number of para-hydroxylation sites is 1. The molecule has 0 aromatic heterocycles. The zero-order valence-corrected chi connectivity index (χ0v) is 12.9. The van der Waals surface area contributed by atoms with E-state index in [4.69, 9.17) is 4.74 Å². The Labute approximate surface area is 138 Å². The van der Waals surface area contributed by atoms with E-state index in [0.29, 0.717) is 17.0 Å². The highest BCUT2D eigenvalue weighted by Crippen LogP contribution is 2.22. The van der Waals surface area contributed by atoms with Gasteiger partial charge in [-0.3, -0.25) is 19.8 Å². The monoisotopic (exact) mass is 322 g/mol. The van der Waals surface area contributed by atoms with Crippen LogP contribution in [0.4, 0.5) is 5.69 Å². The Hall–Kier alpha value is -3.41. The summed E-state index contributed by atoms with van der Waals surface area (Å²) in [6.07, 6.45) is 1.50. The Kier molecular flexibility index (Phi) is 4.11. The molecule has 1 aliphatic rings. The van der Waals surface area contributed by atoms with E-state index in [9.17, 15) is 14.4 Å². The van der Waals surface area contributed by atoms with Gasteiger partial charge in [-0.15, -0.1) is 0 Å². The molecule has 0 spiro atoms. The third kappa shape index (κ3) is 3.17. The topological polar surface area (TPSA) is 75.7 Å². The second-order valence-electron chi connectivity index (χ2n) is 5.14. The number of benzene rings is 2. The second-order valence-corrected chi connectivity index (χ2v) is 5.14. The van der Waals surface area contributed by atoms with Gasteiger partial charge in [0.05, 0.1) is 5.69 Å². The van der Waals surface area contributed by atoms with E-state index in [1.807, 2.05) is 6.07 Å². The minimum atomic E-state index is -0.465. The van der Waals surface area contributed by atoms with Gasteiger partial charge in [-0.2, -0.15) is 0 Å². The zero-order chi connectivity index (χ0) is 17.1. The quantitative estimate of drug-likeness (QED) is 0.406. The summed E-state index contributed by atoms with van der Waals surface area (Å²) in [5.41, 5.74) is 3.82. The number of nitrogens with zero attached hydrogens (tertiary/aromatic N) is 1. The fraction of sp³-hybridized carbons (Fsp3) is 0.0556. The molecule has 2 aromatic rings. The maximum absolute atomic E-state index is 12.4. The van der Waals surface area contributed by atoms with Crippen LogP contribution in [0.1, 0.15) is 12.5 Å². The minimum absolute atomic E-state index is 0.0408. The van der Waals surface area contributed by atoms with Crippen LogP contribution in [0.15, 0.2) is 60.2 Å². The van der Waals surface area contributed by atoms with Crippen molar-refractivity contribution in [2.45, 2.75) is 6.92 Å². The number of hydrazine groups is 1. The maximum Gasteiger partial charge on any atom is 0.308 e. The number of hydrogen-bond donors (Lipinski definition) is 1. The summed E-state index contributed by atoms with van der Waals surface area (Å²) >= 11 is 0. The van der Waals surface area contributed by atoms with Gasteiger partial charge in [0.1, 0.15) is 11.3 Å². The number of ether oxygens (including phenoxy) is 1. The Morgan fingerprint density at radius 2 is 1.71 bits per heavy atom. The van der Waals surface area contributed by atoms with Crippen LogP contribution in [0, 0.1) is 0 Å². The number of amides is 2. The second kappa shape index (κ2) is 6.37. The fourth-order valence-corrected chi connectivity index (χ4v) is 2.28. The lowest BCUT2D eigenvalue weighted by Crippen LogP contribution is -2.35. The van der Waals surface area contributed by atoms with Crippen molar-refractivity contribution in [1.29, 1.82) is 0 Å². The van der Waals surface area contributed by atoms with Crippen LogP contribution < -0.4 is 15.2 Å². The molecule has 3 rings (SSSR count). The molecule has 0 aliphatic carbocycles. The summed E-state index contributed by atoms with van der Waals surface area (Å²) in [7, 11) is 0. The highest BCUT2D eigenvalue weighted by Gasteiger charge is 2.34. The zero-order valence-electron chi connectivity index (χ0n) is 12.9. The Morgan fingerprint density at radius 1 is 1.04 bits per heavy atom. The van der Waals surface area contributed by atoms with Gasteiger partial charge in [0.2, 0.25) is 0 Å². The van der Waals surface area contributed by atoms with Crippen molar-refractivity contribution in [3.8, 4) is 5.75 Å². The van der Waals surface area contributed by atoms with Gasteiger partial charge in [-0.25, -0.2) is 5.01 Å². The number of carbonyl (C=O) groups is 3. The van der Waals surface area contributed by atoms with Crippen molar-refractivity contribution in [3.05, 3.63) is 65.7 Å². The molecule has 0 atom stereocenters. The van der Waals surface area contributed by atoms with Gasteiger partial charge < -0.3 is 4.74 Å². The largest absolute Gasteiger partial charge is 0.427 e. The average molecular weight is 322 g/mol. The molecule has 1 heterocycles. The molecule has 0 unspecified atom stereocenters. The van der Waals surface area contributed by atoms with Gasteiger partial charge in [0.25, 0.3) is 11.8 Å². The molecule has 0 saturated carbocycles. The number of anilines is 1. The van der Waals surface area contributed by atoms with Crippen molar-refractivity contribution in [3.63, 3.8) is 0 Å².